The summed E-state index contributed by atoms with van der Waals surface area (Å²) in [6.07, 6.45) is 0.785. The first-order valence-corrected chi connectivity index (χ1v) is 11.6. The van der Waals surface area contributed by atoms with E-state index in [-0.39, 0.29) is 31.1 Å². The van der Waals surface area contributed by atoms with Gasteiger partial charge in [0.05, 0.1) is 4.90 Å². The van der Waals surface area contributed by atoms with Crippen LogP contribution in [0.25, 0.3) is 0 Å². The number of nitrogens with zero attached hydrogens (tertiary/aromatic N) is 2. The van der Waals surface area contributed by atoms with Crippen molar-refractivity contribution in [3.8, 4) is 0 Å². The maximum atomic E-state index is 13.9. The molecular weight excluding hydrogens is 410 g/mol. The fourth-order valence-electron chi connectivity index (χ4n) is 3.01. The Morgan fingerprint density at radius 1 is 0.821 bits per heavy atom. The minimum atomic E-state index is -4.26. The highest BCUT2D eigenvalue weighted by atomic mass is 32.2. The molecule has 3 rings (SSSR count). The molecule has 0 spiro atoms. The zero-order valence-electron chi connectivity index (χ0n) is 15.2. The van der Waals surface area contributed by atoms with Crippen LogP contribution in [-0.4, -0.2) is 51.6 Å². The second kappa shape index (κ2) is 7.86. The van der Waals surface area contributed by atoms with E-state index in [0.29, 0.717) is 6.07 Å². The Kier molecular flexibility index (Phi) is 5.85. The smallest absolute Gasteiger partial charge is 0.207 e. The maximum Gasteiger partial charge on any atom is 0.246 e. The molecule has 6 nitrogen and oxygen atoms in total. The van der Waals surface area contributed by atoms with Crippen LogP contribution in [-0.2, 0) is 26.5 Å². The van der Waals surface area contributed by atoms with Gasteiger partial charge in [-0.25, -0.2) is 25.6 Å². The summed E-state index contributed by atoms with van der Waals surface area (Å²) in [7, 11) is -8.02. The van der Waals surface area contributed by atoms with Gasteiger partial charge in [-0.1, -0.05) is 19.1 Å². The molecule has 1 saturated heterocycles. The van der Waals surface area contributed by atoms with Gasteiger partial charge in [-0.15, -0.1) is 0 Å². The van der Waals surface area contributed by atoms with Crippen LogP contribution in [0.2, 0.25) is 0 Å². The highest BCUT2D eigenvalue weighted by molar-refractivity contribution is 7.89. The third kappa shape index (κ3) is 3.95. The van der Waals surface area contributed by atoms with Gasteiger partial charge < -0.3 is 0 Å². The Balaban J connectivity index is 1.77. The second-order valence-electron chi connectivity index (χ2n) is 6.38. The number of sulfonamides is 2. The van der Waals surface area contributed by atoms with Crippen molar-refractivity contribution in [2.75, 3.05) is 26.2 Å². The van der Waals surface area contributed by atoms with E-state index in [9.17, 15) is 25.6 Å². The van der Waals surface area contributed by atoms with Crippen molar-refractivity contribution in [3.05, 3.63) is 59.7 Å². The highest BCUT2D eigenvalue weighted by Crippen LogP contribution is 2.24. The van der Waals surface area contributed by atoms with Crippen LogP contribution >= 0.6 is 0 Å². The van der Waals surface area contributed by atoms with Crippen molar-refractivity contribution in [1.29, 1.82) is 0 Å². The summed E-state index contributed by atoms with van der Waals surface area (Å²) in [6.45, 7) is 1.52. The molecule has 10 heteroatoms. The molecule has 1 fully saturated rings. The van der Waals surface area contributed by atoms with Crippen molar-refractivity contribution >= 4 is 20.0 Å². The quantitative estimate of drug-likeness (QED) is 0.729. The summed E-state index contributed by atoms with van der Waals surface area (Å²) in [5.41, 5.74) is 1.01. The summed E-state index contributed by atoms with van der Waals surface area (Å²) in [4.78, 5) is -0.615. The molecule has 0 aliphatic carbocycles. The second-order valence-corrected chi connectivity index (χ2v) is 10.2. The largest absolute Gasteiger partial charge is 0.246 e. The standard InChI is InChI=1S/C18H20F2N2O4S2/c1-2-14-3-6-16(7-4-14)27(23,24)21-9-11-22(12-10-21)28(25,26)18-13-15(19)5-8-17(18)20/h3-8,13H,2,9-12H2,1H3. The fourth-order valence-corrected chi connectivity index (χ4v) is 5.93. The fraction of sp³-hybridized carbons (Fsp3) is 0.333. The van der Waals surface area contributed by atoms with E-state index in [1.807, 2.05) is 6.92 Å². The maximum absolute atomic E-state index is 13.9. The Labute approximate surface area is 163 Å². The lowest BCUT2D eigenvalue weighted by Gasteiger charge is -2.33. The molecule has 2 aromatic rings. The molecule has 0 amide bonds. The molecular formula is C18H20F2N2O4S2. The van der Waals surface area contributed by atoms with Crippen LogP contribution in [0.15, 0.2) is 52.3 Å². The molecule has 0 saturated carbocycles. The van der Waals surface area contributed by atoms with Crippen LogP contribution < -0.4 is 0 Å². The molecule has 0 atom stereocenters. The zero-order chi connectivity index (χ0) is 20.5. The molecule has 1 aliphatic heterocycles. The van der Waals surface area contributed by atoms with E-state index in [4.69, 9.17) is 0 Å². The Bertz CT molecular complexity index is 1060. The molecule has 28 heavy (non-hydrogen) atoms. The number of hydrogen-bond acceptors (Lipinski definition) is 4. The highest BCUT2D eigenvalue weighted by Gasteiger charge is 2.35. The van der Waals surface area contributed by atoms with E-state index in [1.54, 1.807) is 12.1 Å². The number of aryl methyl sites for hydroxylation is 1. The third-order valence-corrected chi connectivity index (χ3v) is 8.50. The predicted molar refractivity (Wildman–Crippen MR) is 99.7 cm³/mol. The number of rotatable bonds is 5. The van der Waals surface area contributed by atoms with E-state index in [0.717, 1.165) is 28.4 Å². The summed E-state index contributed by atoms with van der Waals surface area (Å²) >= 11 is 0. The predicted octanol–water partition coefficient (Wildman–Crippen LogP) is 2.22. The summed E-state index contributed by atoms with van der Waals surface area (Å²) in [5, 5.41) is 0. The monoisotopic (exact) mass is 430 g/mol. The zero-order valence-corrected chi connectivity index (χ0v) is 16.8. The van der Waals surface area contributed by atoms with Gasteiger partial charge in [0.25, 0.3) is 0 Å². The minimum Gasteiger partial charge on any atom is -0.207 e. The Morgan fingerprint density at radius 2 is 1.36 bits per heavy atom. The molecule has 2 aromatic carbocycles. The van der Waals surface area contributed by atoms with Gasteiger partial charge in [-0.3, -0.25) is 0 Å². The molecule has 0 bridgehead atoms. The summed E-state index contributed by atoms with van der Waals surface area (Å²) in [5.74, 6) is -1.91. The normalized spacial score (nSPS) is 17.0. The Hall–Kier alpha value is -1.88. The van der Waals surface area contributed by atoms with Gasteiger partial charge in [-0.05, 0) is 42.3 Å². The minimum absolute atomic E-state index is 0.0754. The van der Waals surface area contributed by atoms with Gasteiger partial charge >= 0.3 is 0 Å². The molecule has 152 valence electrons. The first-order valence-electron chi connectivity index (χ1n) is 8.70. The average molecular weight is 430 g/mol. The molecule has 0 aromatic heterocycles. The van der Waals surface area contributed by atoms with E-state index in [1.165, 1.54) is 16.4 Å². The molecule has 0 radical (unpaired) electrons. The average Bonchev–Trinajstić information content (AvgIpc) is 2.70. The summed E-state index contributed by atoms with van der Waals surface area (Å²) in [6, 6.07) is 8.74. The van der Waals surface area contributed by atoms with Crippen molar-refractivity contribution in [1.82, 2.24) is 8.61 Å². The van der Waals surface area contributed by atoms with Crippen molar-refractivity contribution in [3.63, 3.8) is 0 Å². The molecule has 1 aliphatic rings. The summed E-state index contributed by atoms with van der Waals surface area (Å²) < 4.78 is 80.2. The lowest BCUT2D eigenvalue weighted by molar-refractivity contribution is 0.272. The Morgan fingerprint density at radius 3 is 1.89 bits per heavy atom. The van der Waals surface area contributed by atoms with Crippen LogP contribution in [0.4, 0.5) is 8.78 Å². The van der Waals surface area contributed by atoms with Gasteiger partial charge in [0.1, 0.15) is 16.5 Å². The molecule has 0 unspecified atom stereocenters. The van der Waals surface area contributed by atoms with Gasteiger partial charge in [-0.2, -0.15) is 8.61 Å². The van der Waals surface area contributed by atoms with Gasteiger partial charge in [0.2, 0.25) is 20.0 Å². The SMILES string of the molecule is CCc1ccc(S(=O)(=O)N2CCN(S(=O)(=O)c3cc(F)ccc3F)CC2)cc1. The van der Waals surface area contributed by atoms with Crippen LogP contribution in [0.3, 0.4) is 0 Å². The first-order chi connectivity index (χ1) is 13.2. The van der Waals surface area contributed by atoms with E-state index >= 15 is 0 Å². The molecule has 1 heterocycles. The van der Waals surface area contributed by atoms with Crippen molar-refractivity contribution in [2.24, 2.45) is 0 Å². The molecule has 0 N–H and O–H groups in total. The van der Waals surface area contributed by atoms with E-state index in [2.05, 4.69) is 0 Å². The lowest BCUT2D eigenvalue weighted by atomic mass is 10.2. The van der Waals surface area contributed by atoms with Crippen LogP contribution in [0.1, 0.15) is 12.5 Å². The van der Waals surface area contributed by atoms with Crippen LogP contribution in [0, 0.1) is 11.6 Å². The lowest BCUT2D eigenvalue weighted by Crippen LogP contribution is -2.50. The van der Waals surface area contributed by atoms with Crippen LogP contribution in [0.5, 0.6) is 0 Å². The van der Waals surface area contributed by atoms with E-state index < -0.39 is 36.6 Å². The number of piperazine rings is 1. The van der Waals surface area contributed by atoms with Gasteiger partial charge in [0.15, 0.2) is 0 Å². The van der Waals surface area contributed by atoms with Gasteiger partial charge in [0, 0.05) is 26.2 Å². The topological polar surface area (TPSA) is 74.8 Å². The third-order valence-electron chi connectivity index (χ3n) is 4.68. The number of benzene rings is 2. The van der Waals surface area contributed by atoms with Crippen molar-refractivity contribution < 1.29 is 25.6 Å². The van der Waals surface area contributed by atoms with Crippen molar-refractivity contribution in [2.45, 2.75) is 23.1 Å². The first kappa shape index (κ1) is 20.8. The number of hydrogen-bond donors (Lipinski definition) is 0. The number of halogens is 2.